The van der Waals surface area contributed by atoms with Gasteiger partial charge in [0.15, 0.2) is 0 Å². The van der Waals surface area contributed by atoms with Gasteiger partial charge in [0.1, 0.15) is 0 Å². The quantitative estimate of drug-likeness (QED) is 0.782. The third-order valence-corrected chi connectivity index (χ3v) is 3.86. The molecule has 1 N–H and O–H groups in total. The summed E-state index contributed by atoms with van der Waals surface area (Å²) in [6.45, 7) is 3.50. The number of rotatable bonds is 3. The largest absolute Gasteiger partial charge is 0.311 e. The lowest BCUT2D eigenvalue weighted by atomic mass is 9.88. The minimum atomic E-state index is 0.418. The van der Waals surface area contributed by atoms with E-state index in [1.54, 1.807) is 11.3 Å². The summed E-state index contributed by atoms with van der Waals surface area (Å²) in [5.41, 5.74) is 1.92. The van der Waals surface area contributed by atoms with Crippen molar-refractivity contribution in [3.8, 4) is 0 Å². The average Bonchev–Trinajstić information content (AvgIpc) is 2.77. The van der Waals surface area contributed by atoms with E-state index in [-0.39, 0.29) is 0 Å². The van der Waals surface area contributed by atoms with Crippen LogP contribution in [0.1, 0.15) is 31.7 Å². The van der Waals surface area contributed by atoms with Crippen molar-refractivity contribution in [2.45, 2.75) is 38.1 Å². The maximum absolute atomic E-state index is 3.66. The van der Waals surface area contributed by atoms with Gasteiger partial charge in [-0.25, -0.2) is 0 Å². The first-order valence-electron chi connectivity index (χ1n) is 5.11. The van der Waals surface area contributed by atoms with Crippen molar-refractivity contribution in [1.29, 1.82) is 0 Å². The number of thiophene rings is 1. The Labute approximate surface area is 84.2 Å². The normalized spacial score (nSPS) is 28.1. The molecule has 1 fully saturated rings. The lowest BCUT2D eigenvalue weighted by Gasteiger charge is -2.27. The van der Waals surface area contributed by atoms with Gasteiger partial charge >= 0.3 is 0 Å². The molecule has 0 aliphatic carbocycles. The van der Waals surface area contributed by atoms with E-state index in [1.165, 1.54) is 37.8 Å². The van der Waals surface area contributed by atoms with Gasteiger partial charge in [0.25, 0.3) is 0 Å². The zero-order valence-electron chi connectivity index (χ0n) is 8.18. The third kappa shape index (κ3) is 1.94. The van der Waals surface area contributed by atoms with Crippen LogP contribution in [0.25, 0.3) is 0 Å². The van der Waals surface area contributed by atoms with Gasteiger partial charge in [-0.1, -0.05) is 6.92 Å². The molecule has 1 unspecified atom stereocenters. The summed E-state index contributed by atoms with van der Waals surface area (Å²) in [7, 11) is 0. The van der Waals surface area contributed by atoms with Crippen molar-refractivity contribution < 1.29 is 0 Å². The Morgan fingerprint density at radius 2 is 2.54 bits per heavy atom. The van der Waals surface area contributed by atoms with Gasteiger partial charge in [0, 0.05) is 5.54 Å². The van der Waals surface area contributed by atoms with Crippen molar-refractivity contribution in [2.24, 2.45) is 0 Å². The molecule has 1 aliphatic rings. The molecule has 1 aliphatic heterocycles. The first-order valence-corrected chi connectivity index (χ1v) is 6.05. The van der Waals surface area contributed by atoms with E-state index >= 15 is 0 Å². The Balaban J connectivity index is 2.06. The second-order valence-corrected chi connectivity index (χ2v) is 4.75. The average molecular weight is 195 g/mol. The van der Waals surface area contributed by atoms with E-state index in [0.29, 0.717) is 5.54 Å². The van der Waals surface area contributed by atoms with Crippen LogP contribution >= 0.6 is 11.3 Å². The van der Waals surface area contributed by atoms with Gasteiger partial charge in [0.05, 0.1) is 0 Å². The highest BCUT2D eigenvalue weighted by Crippen LogP contribution is 2.27. The highest BCUT2D eigenvalue weighted by atomic mass is 32.1. The van der Waals surface area contributed by atoms with Crippen LogP contribution in [0, 0.1) is 0 Å². The van der Waals surface area contributed by atoms with Gasteiger partial charge < -0.3 is 5.32 Å². The Kier molecular flexibility index (Phi) is 2.70. The topological polar surface area (TPSA) is 12.0 Å². The van der Waals surface area contributed by atoms with Crippen LogP contribution in [0.15, 0.2) is 16.8 Å². The van der Waals surface area contributed by atoms with Gasteiger partial charge in [-0.05, 0) is 54.6 Å². The first-order chi connectivity index (χ1) is 6.35. The molecule has 0 spiro atoms. The standard InChI is InChI=1S/C11H17NS/c1-2-11(5-3-6-12-11)8-10-4-7-13-9-10/h4,7,9,12H,2-3,5-6,8H2,1H3. The fraction of sp³-hybridized carbons (Fsp3) is 0.636. The number of nitrogens with one attached hydrogen (secondary N) is 1. The predicted molar refractivity (Wildman–Crippen MR) is 58.3 cm³/mol. The van der Waals surface area contributed by atoms with Crippen molar-refractivity contribution >= 4 is 11.3 Å². The van der Waals surface area contributed by atoms with Crippen molar-refractivity contribution in [1.82, 2.24) is 5.32 Å². The van der Waals surface area contributed by atoms with E-state index in [9.17, 15) is 0 Å². The van der Waals surface area contributed by atoms with Crippen molar-refractivity contribution in [3.63, 3.8) is 0 Å². The maximum Gasteiger partial charge on any atom is 0.0219 e. The highest BCUT2D eigenvalue weighted by molar-refractivity contribution is 7.07. The molecule has 2 heteroatoms. The molecule has 1 aromatic rings. The molecule has 2 heterocycles. The first kappa shape index (κ1) is 9.22. The van der Waals surface area contributed by atoms with Crippen LogP contribution in [0.2, 0.25) is 0 Å². The van der Waals surface area contributed by atoms with Gasteiger partial charge in [-0.2, -0.15) is 11.3 Å². The van der Waals surface area contributed by atoms with Crippen LogP contribution in [0.3, 0.4) is 0 Å². The smallest absolute Gasteiger partial charge is 0.0219 e. The number of hydrogen-bond acceptors (Lipinski definition) is 2. The molecule has 1 aromatic heterocycles. The van der Waals surface area contributed by atoms with Crippen molar-refractivity contribution in [3.05, 3.63) is 22.4 Å². The summed E-state index contributed by atoms with van der Waals surface area (Å²) in [5, 5.41) is 8.11. The van der Waals surface area contributed by atoms with Gasteiger partial charge in [0.2, 0.25) is 0 Å². The van der Waals surface area contributed by atoms with Crippen LogP contribution in [0.4, 0.5) is 0 Å². The molecule has 0 saturated carbocycles. The SMILES string of the molecule is CCC1(Cc2ccsc2)CCCN1. The highest BCUT2D eigenvalue weighted by Gasteiger charge is 2.31. The Morgan fingerprint density at radius 1 is 1.62 bits per heavy atom. The number of hydrogen-bond donors (Lipinski definition) is 1. The molecule has 13 heavy (non-hydrogen) atoms. The summed E-state index contributed by atoms with van der Waals surface area (Å²) in [5.74, 6) is 0. The second-order valence-electron chi connectivity index (χ2n) is 3.97. The summed E-state index contributed by atoms with van der Waals surface area (Å²) in [4.78, 5) is 0. The lowest BCUT2D eigenvalue weighted by molar-refractivity contribution is 0.360. The van der Waals surface area contributed by atoms with E-state index in [1.807, 2.05) is 0 Å². The van der Waals surface area contributed by atoms with Crippen LogP contribution < -0.4 is 5.32 Å². The summed E-state index contributed by atoms with van der Waals surface area (Å²) in [6.07, 6.45) is 5.16. The molecule has 2 rings (SSSR count). The molecular weight excluding hydrogens is 178 g/mol. The summed E-state index contributed by atoms with van der Waals surface area (Å²) >= 11 is 1.80. The fourth-order valence-electron chi connectivity index (χ4n) is 2.23. The van der Waals surface area contributed by atoms with E-state index in [4.69, 9.17) is 0 Å². The summed E-state index contributed by atoms with van der Waals surface area (Å²) < 4.78 is 0. The minimum Gasteiger partial charge on any atom is -0.311 e. The Morgan fingerprint density at radius 3 is 3.08 bits per heavy atom. The Hall–Kier alpha value is -0.340. The van der Waals surface area contributed by atoms with E-state index in [2.05, 4.69) is 29.1 Å². The molecule has 0 radical (unpaired) electrons. The van der Waals surface area contributed by atoms with Gasteiger partial charge in [-0.15, -0.1) is 0 Å². The Bertz CT molecular complexity index is 247. The monoisotopic (exact) mass is 195 g/mol. The fourth-order valence-corrected chi connectivity index (χ4v) is 2.90. The van der Waals surface area contributed by atoms with Gasteiger partial charge in [-0.3, -0.25) is 0 Å². The zero-order valence-corrected chi connectivity index (χ0v) is 8.99. The van der Waals surface area contributed by atoms with E-state index < -0.39 is 0 Å². The van der Waals surface area contributed by atoms with E-state index in [0.717, 1.165) is 0 Å². The summed E-state index contributed by atoms with van der Waals surface area (Å²) in [6, 6.07) is 2.25. The molecule has 1 nitrogen and oxygen atoms in total. The molecule has 0 bridgehead atoms. The van der Waals surface area contributed by atoms with Crippen molar-refractivity contribution in [2.75, 3.05) is 6.54 Å². The zero-order chi connectivity index (χ0) is 9.15. The minimum absolute atomic E-state index is 0.418. The predicted octanol–water partition coefficient (Wildman–Crippen LogP) is 2.82. The lowest BCUT2D eigenvalue weighted by Crippen LogP contribution is -2.40. The second kappa shape index (κ2) is 3.81. The van der Waals surface area contributed by atoms with Crippen LogP contribution in [-0.4, -0.2) is 12.1 Å². The molecular formula is C11H17NS. The third-order valence-electron chi connectivity index (χ3n) is 3.13. The van der Waals surface area contributed by atoms with Crippen LogP contribution in [-0.2, 0) is 6.42 Å². The molecule has 1 saturated heterocycles. The molecule has 0 amide bonds. The maximum atomic E-state index is 3.66. The molecule has 0 aromatic carbocycles. The molecule has 1 atom stereocenters. The van der Waals surface area contributed by atoms with Crippen LogP contribution in [0.5, 0.6) is 0 Å². The molecule has 72 valence electrons.